The number of anilines is 1. The maximum atomic E-state index is 12.5. The molecule has 2 aromatic heterocycles. The SMILES string of the molecule is Fc1ccc(NCc2cnc[nH]2)nc1. The van der Waals surface area contributed by atoms with Crippen LogP contribution in [0.3, 0.4) is 0 Å². The van der Waals surface area contributed by atoms with Gasteiger partial charge in [0.05, 0.1) is 24.8 Å². The summed E-state index contributed by atoms with van der Waals surface area (Å²) in [6, 6.07) is 2.95. The predicted molar refractivity (Wildman–Crippen MR) is 50.1 cm³/mol. The molecule has 5 heteroatoms. The molecule has 0 atom stereocenters. The first kappa shape index (κ1) is 8.68. The van der Waals surface area contributed by atoms with Gasteiger partial charge in [0.2, 0.25) is 0 Å². The number of hydrogen-bond acceptors (Lipinski definition) is 3. The average Bonchev–Trinajstić information content (AvgIpc) is 2.70. The maximum absolute atomic E-state index is 12.5. The molecular formula is C9H9FN4. The van der Waals surface area contributed by atoms with Gasteiger partial charge in [-0.05, 0) is 12.1 Å². The van der Waals surface area contributed by atoms with E-state index in [0.29, 0.717) is 12.4 Å². The summed E-state index contributed by atoms with van der Waals surface area (Å²) >= 11 is 0. The molecule has 0 amide bonds. The Morgan fingerprint density at radius 3 is 2.93 bits per heavy atom. The van der Waals surface area contributed by atoms with Gasteiger partial charge in [-0.3, -0.25) is 0 Å². The molecule has 2 aromatic rings. The van der Waals surface area contributed by atoms with E-state index in [0.717, 1.165) is 5.69 Å². The van der Waals surface area contributed by atoms with Crippen LogP contribution in [0.4, 0.5) is 10.2 Å². The minimum atomic E-state index is -0.336. The molecule has 72 valence electrons. The minimum Gasteiger partial charge on any atom is -0.364 e. The van der Waals surface area contributed by atoms with Gasteiger partial charge in [0, 0.05) is 6.20 Å². The van der Waals surface area contributed by atoms with Gasteiger partial charge < -0.3 is 10.3 Å². The van der Waals surface area contributed by atoms with Crippen LogP contribution in [0.5, 0.6) is 0 Å². The lowest BCUT2D eigenvalue weighted by atomic mass is 10.4. The summed E-state index contributed by atoms with van der Waals surface area (Å²) in [5.41, 5.74) is 0.955. The van der Waals surface area contributed by atoms with Crippen molar-refractivity contribution in [3.05, 3.63) is 42.4 Å². The predicted octanol–water partition coefficient (Wildman–Crippen LogP) is 1.56. The highest BCUT2D eigenvalue weighted by Crippen LogP contribution is 2.04. The fourth-order valence-corrected chi connectivity index (χ4v) is 1.05. The lowest BCUT2D eigenvalue weighted by Crippen LogP contribution is -2.01. The number of hydrogen-bond donors (Lipinski definition) is 2. The maximum Gasteiger partial charge on any atom is 0.141 e. The monoisotopic (exact) mass is 192 g/mol. The molecule has 0 saturated heterocycles. The van der Waals surface area contributed by atoms with Crippen molar-refractivity contribution < 1.29 is 4.39 Å². The van der Waals surface area contributed by atoms with Crippen LogP contribution in [0.15, 0.2) is 30.9 Å². The second-order valence-corrected chi connectivity index (χ2v) is 2.79. The van der Waals surface area contributed by atoms with Gasteiger partial charge >= 0.3 is 0 Å². The number of nitrogens with zero attached hydrogens (tertiary/aromatic N) is 2. The topological polar surface area (TPSA) is 53.6 Å². The molecule has 0 unspecified atom stereocenters. The normalized spacial score (nSPS) is 10.1. The Kier molecular flexibility index (Phi) is 2.40. The van der Waals surface area contributed by atoms with Crippen molar-refractivity contribution in [2.75, 3.05) is 5.32 Å². The van der Waals surface area contributed by atoms with E-state index in [1.807, 2.05) is 0 Å². The fraction of sp³-hybridized carbons (Fsp3) is 0.111. The zero-order valence-electron chi connectivity index (χ0n) is 7.37. The van der Waals surface area contributed by atoms with Crippen LogP contribution in [-0.2, 0) is 6.54 Å². The molecule has 0 aliphatic heterocycles. The van der Waals surface area contributed by atoms with Crippen molar-refractivity contribution in [3.8, 4) is 0 Å². The zero-order chi connectivity index (χ0) is 9.80. The summed E-state index contributed by atoms with van der Waals surface area (Å²) < 4.78 is 12.5. The van der Waals surface area contributed by atoms with Gasteiger partial charge in [0.1, 0.15) is 11.6 Å². The highest BCUT2D eigenvalue weighted by atomic mass is 19.1. The number of H-pyrrole nitrogens is 1. The van der Waals surface area contributed by atoms with Gasteiger partial charge in [-0.2, -0.15) is 0 Å². The number of rotatable bonds is 3. The van der Waals surface area contributed by atoms with E-state index in [2.05, 4.69) is 20.3 Å². The summed E-state index contributed by atoms with van der Waals surface area (Å²) in [6.07, 6.45) is 4.50. The van der Waals surface area contributed by atoms with Crippen molar-refractivity contribution in [2.45, 2.75) is 6.54 Å². The number of nitrogens with one attached hydrogen (secondary N) is 2. The third kappa shape index (κ3) is 2.07. The smallest absolute Gasteiger partial charge is 0.141 e. The third-order valence-electron chi connectivity index (χ3n) is 1.74. The van der Waals surface area contributed by atoms with Crippen LogP contribution in [0.1, 0.15) is 5.69 Å². The van der Waals surface area contributed by atoms with Gasteiger partial charge in [0.15, 0.2) is 0 Å². The Balaban J connectivity index is 1.95. The van der Waals surface area contributed by atoms with Crippen LogP contribution in [0, 0.1) is 5.82 Å². The summed E-state index contributed by atoms with van der Waals surface area (Å²) in [4.78, 5) is 10.7. The van der Waals surface area contributed by atoms with Gasteiger partial charge in [-0.1, -0.05) is 0 Å². The zero-order valence-corrected chi connectivity index (χ0v) is 7.37. The van der Waals surface area contributed by atoms with Crippen LogP contribution in [0.25, 0.3) is 0 Å². The lowest BCUT2D eigenvalue weighted by molar-refractivity contribution is 0.621. The molecule has 2 N–H and O–H groups in total. The van der Waals surface area contributed by atoms with E-state index in [4.69, 9.17) is 0 Å². The highest BCUT2D eigenvalue weighted by Gasteiger charge is 1.95. The van der Waals surface area contributed by atoms with E-state index < -0.39 is 0 Å². The van der Waals surface area contributed by atoms with E-state index in [9.17, 15) is 4.39 Å². The Labute approximate surface area is 80.2 Å². The molecule has 2 heterocycles. The average molecular weight is 192 g/mol. The molecule has 0 aromatic carbocycles. The molecule has 0 radical (unpaired) electrons. The van der Waals surface area contributed by atoms with E-state index in [1.54, 1.807) is 18.6 Å². The van der Waals surface area contributed by atoms with E-state index in [-0.39, 0.29) is 5.82 Å². The second kappa shape index (κ2) is 3.87. The van der Waals surface area contributed by atoms with Crippen LogP contribution >= 0.6 is 0 Å². The summed E-state index contributed by atoms with van der Waals surface area (Å²) in [5.74, 6) is 0.304. The Bertz CT molecular complexity index is 382. The highest BCUT2D eigenvalue weighted by molar-refractivity contribution is 5.33. The molecule has 14 heavy (non-hydrogen) atoms. The number of aromatic nitrogens is 3. The third-order valence-corrected chi connectivity index (χ3v) is 1.74. The first-order valence-electron chi connectivity index (χ1n) is 4.17. The Morgan fingerprint density at radius 1 is 1.36 bits per heavy atom. The minimum absolute atomic E-state index is 0.336. The van der Waals surface area contributed by atoms with E-state index in [1.165, 1.54) is 12.3 Å². The number of aromatic amines is 1. The Morgan fingerprint density at radius 2 is 2.29 bits per heavy atom. The molecule has 0 saturated carbocycles. The Hall–Kier alpha value is -1.91. The van der Waals surface area contributed by atoms with Gasteiger partial charge in [0.25, 0.3) is 0 Å². The van der Waals surface area contributed by atoms with Crippen LogP contribution < -0.4 is 5.32 Å². The van der Waals surface area contributed by atoms with Crippen molar-refractivity contribution >= 4 is 5.82 Å². The molecule has 0 aliphatic rings. The quantitative estimate of drug-likeness (QED) is 0.775. The molecule has 0 fully saturated rings. The van der Waals surface area contributed by atoms with Gasteiger partial charge in [-0.25, -0.2) is 14.4 Å². The molecule has 4 nitrogen and oxygen atoms in total. The second-order valence-electron chi connectivity index (χ2n) is 2.79. The number of pyridine rings is 1. The summed E-state index contributed by atoms with van der Waals surface area (Å²) in [7, 11) is 0. The molecular weight excluding hydrogens is 183 g/mol. The van der Waals surface area contributed by atoms with Crippen molar-refractivity contribution in [2.24, 2.45) is 0 Å². The van der Waals surface area contributed by atoms with Crippen LogP contribution in [0.2, 0.25) is 0 Å². The number of imidazole rings is 1. The lowest BCUT2D eigenvalue weighted by Gasteiger charge is -2.02. The van der Waals surface area contributed by atoms with Crippen molar-refractivity contribution in [1.29, 1.82) is 0 Å². The molecule has 0 spiro atoms. The largest absolute Gasteiger partial charge is 0.364 e. The molecule has 0 aliphatic carbocycles. The van der Waals surface area contributed by atoms with Crippen LogP contribution in [-0.4, -0.2) is 15.0 Å². The first-order valence-corrected chi connectivity index (χ1v) is 4.17. The van der Waals surface area contributed by atoms with Gasteiger partial charge in [-0.15, -0.1) is 0 Å². The van der Waals surface area contributed by atoms with E-state index >= 15 is 0 Å². The summed E-state index contributed by atoms with van der Waals surface area (Å²) in [6.45, 7) is 0.596. The molecule has 0 bridgehead atoms. The number of halogens is 1. The van der Waals surface area contributed by atoms with Crippen molar-refractivity contribution in [1.82, 2.24) is 15.0 Å². The first-order chi connectivity index (χ1) is 6.84. The van der Waals surface area contributed by atoms with Crippen molar-refractivity contribution in [3.63, 3.8) is 0 Å². The summed E-state index contributed by atoms with van der Waals surface area (Å²) in [5, 5.41) is 3.03. The molecule has 2 rings (SSSR count). The standard InChI is InChI=1S/C9H9FN4/c10-7-1-2-9(12-3-7)13-5-8-4-11-6-14-8/h1-4,6H,5H2,(H,11,14)(H,12,13). The fourth-order valence-electron chi connectivity index (χ4n) is 1.05.